The molecule has 1 atom stereocenters. The maximum absolute atomic E-state index is 13.2. The fourth-order valence-corrected chi connectivity index (χ4v) is 6.42. The van der Waals surface area contributed by atoms with E-state index in [0.29, 0.717) is 32.7 Å². The topological polar surface area (TPSA) is 145 Å². The average molecular weight is 543 g/mol. The maximum Gasteiger partial charge on any atom is 0.273 e. The van der Waals surface area contributed by atoms with E-state index in [1.165, 1.54) is 24.2 Å². The Labute approximate surface area is 217 Å². The van der Waals surface area contributed by atoms with Crippen LogP contribution in [0.4, 0.5) is 5.69 Å². The lowest BCUT2D eigenvalue weighted by Crippen LogP contribution is -2.32. The van der Waals surface area contributed by atoms with Crippen LogP contribution in [0, 0.1) is 19.8 Å². The maximum atomic E-state index is 13.2. The van der Waals surface area contributed by atoms with Gasteiger partial charge in [-0.25, -0.2) is 23.4 Å². The van der Waals surface area contributed by atoms with Crippen LogP contribution in [0.15, 0.2) is 45.8 Å². The first-order valence-electron chi connectivity index (χ1n) is 11.3. The van der Waals surface area contributed by atoms with E-state index in [-0.39, 0.29) is 33.8 Å². The second-order valence-electron chi connectivity index (χ2n) is 8.44. The summed E-state index contributed by atoms with van der Waals surface area (Å²) in [6, 6.07) is 6.74. The van der Waals surface area contributed by atoms with E-state index in [0.717, 1.165) is 11.3 Å². The van der Waals surface area contributed by atoms with Gasteiger partial charge in [-0.1, -0.05) is 13.0 Å². The van der Waals surface area contributed by atoms with Gasteiger partial charge >= 0.3 is 0 Å². The molecule has 0 saturated carbocycles. The van der Waals surface area contributed by atoms with Crippen LogP contribution in [0.1, 0.15) is 17.6 Å². The van der Waals surface area contributed by atoms with Crippen molar-refractivity contribution in [3.05, 3.63) is 57.8 Å². The first kappa shape index (κ1) is 26.2. The van der Waals surface area contributed by atoms with Crippen molar-refractivity contribution >= 4 is 43.9 Å². The standard InChI is InChI=1S/C24H26N6O5S2/c1-13(21(31)25-4)11-30-12-27-19-7-6-16(8-18(19)23(30)32)17-9-20(22(35-5)26-10-17)29-37(33,34)24-14(2)28-15(3)36-24/h6-10,12-13,29H,11H2,1-5H3,(H,25,31)/t13-/m1/s1. The van der Waals surface area contributed by atoms with E-state index in [1.54, 1.807) is 52.1 Å². The fraction of sp³-hybridized carbons (Fsp3) is 0.292. The Kier molecular flexibility index (Phi) is 7.28. The molecule has 0 spiro atoms. The Bertz CT molecular complexity index is 1660. The van der Waals surface area contributed by atoms with Crippen molar-refractivity contribution in [3.63, 3.8) is 0 Å². The Hall–Kier alpha value is -3.84. The number of thiazole rings is 1. The van der Waals surface area contributed by atoms with Gasteiger partial charge in [-0.15, -0.1) is 11.3 Å². The molecular formula is C24H26N6O5S2. The smallest absolute Gasteiger partial charge is 0.273 e. The summed E-state index contributed by atoms with van der Waals surface area (Å²) in [5, 5.41) is 3.57. The number of carbonyl (C=O) groups excluding carboxylic acids is 1. The van der Waals surface area contributed by atoms with E-state index in [2.05, 4.69) is 25.0 Å². The fourth-order valence-electron chi connectivity index (χ4n) is 3.89. The summed E-state index contributed by atoms with van der Waals surface area (Å²) in [6.45, 7) is 5.28. The monoisotopic (exact) mass is 542 g/mol. The van der Waals surface area contributed by atoms with Crippen LogP contribution < -0.4 is 20.3 Å². The van der Waals surface area contributed by atoms with Gasteiger partial charge in [0.25, 0.3) is 15.6 Å². The van der Waals surface area contributed by atoms with Gasteiger partial charge in [0.15, 0.2) is 4.21 Å². The molecule has 0 aliphatic heterocycles. The first-order chi connectivity index (χ1) is 17.5. The van der Waals surface area contributed by atoms with Gasteiger partial charge in [0.1, 0.15) is 5.69 Å². The number of aryl methyl sites for hydroxylation is 2. The summed E-state index contributed by atoms with van der Waals surface area (Å²) in [6.07, 6.45) is 2.96. The molecule has 0 fully saturated rings. The third-order valence-electron chi connectivity index (χ3n) is 5.72. The van der Waals surface area contributed by atoms with Gasteiger partial charge in [-0.2, -0.15) is 0 Å². The third kappa shape index (κ3) is 5.32. The molecule has 4 rings (SSSR count). The molecule has 3 heterocycles. The molecule has 1 amide bonds. The van der Waals surface area contributed by atoms with Crippen LogP contribution >= 0.6 is 11.3 Å². The van der Waals surface area contributed by atoms with E-state index in [4.69, 9.17) is 4.74 Å². The minimum atomic E-state index is -3.93. The molecule has 4 aromatic rings. The number of benzene rings is 1. The minimum absolute atomic E-state index is 0.0965. The van der Waals surface area contributed by atoms with Crippen molar-refractivity contribution in [2.75, 3.05) is 18.9 Å². The van der Waals surface area contributed by atoms with Gasteiger partial charge in [-0.3, -0.25) is 18.9 Å². The molecule has 11 nitrogen and oxygen atoms in total. The number of aromatic nitrogens is 4. The number of carbonyl (C=O) groups is 1. The molecular weight excluding hydrogens is 516 g/mol. The molecule has 3 aromatic heterocycles. The first-order valence-corrected chi connectivity index (χ1v) is 13.6. The van der Waals surface area contributed by atoms with E-state index in [1.807, 2.05) is 0 Å². The van der Waals surface area contributed by atoms with Gasteiger partial charge in [0.05, 0.1) is 41.0 Å². The number of nitrogens with zero attached hydrogens (tertiary/aromatic N) is 4. The molecule has 1 aromatic carbocycles. The van der Waals surface area contributed by atoms with Crippen LogP contribution in [0.5, 0.6) is 5.88 Å². The number of nitrogens with one attached hydrogen (secondary N) is 2. The molecule has 2 N–H and O–H groups in total. The summed E-state index contributed by atoms with van der Waals surface area (Å²) in [7, 11) is -0.993. The largest absolute Gasteiger partial charge is 0.480 e. The summed E-state index contributed by atoms with van der Waals surface area (Å²) in [5.74, 6) is -0.500. The highest BCUT2D eigenvalue weighted by Gasteiger charge is 2.23. The molecule has 194 valence electrons. The minimum Gasteiger partial charge on any atom is -0.480 e. The Morgan fingerprint density at radius 2 is 1.95 bits per heavy atom. The van der Waals surface area contributed by atoms with Crippen molar-refractivity contribution in [2.24, 2.45) is 5.92 Å². The Morgan fingerprint density at radius 1 is 1.19 bits per heavy atom. The predicted octanol–water partition coefficient (Wildman–Crippen LogP) is 2.72. The summed E-state index contributed by atoms with van der Waals surface area (Å²) < 4.78 is 35.5. The number of hydrogen-bond donors (Lipinski definition) is 2. The Balaban J connectivity index is 1.74. The number of fused-ring (bicyclic) bond motifs is 1. The normalized spacial score (nSPS) is 12.4. The zero-order valence-corrected chi connectivity index (χ0v) is 22.5. The number of rotatable bonds is 8. The average Bonchev–Trinajstić information content (AvgIpc) is 3.23. The highest BCUT2D eigenvalue weighted by atomic mass is 32.2. The highest BCUT2D eigenvalue weighted by Crippen LogP contribution is 2.32. The number of ether oxygens (including phenoxy) is 1. The molecule has 0 saturated heterocycles. The van der Waals surface area contributed by atoms with Crippen molar-refractivity contribution < 1.29 is 17.9 Å². The van der Waals surface area contributed by atoms with Crippen molar-refractivity contribution in [3.8, 4) is 17.0 Å². The number of methoxy groups -OCH3 is 1. The number of sulfonamides is 1. The number of anilines is 1. The molecule has 0 aliphatic rings. The SMILES string of the molecule is CNC(=O)[C@H](C)Cn1cnc2ccc(-c3cnc(OC)c(NS(=O)(=O)c4sc(C)nc4C)c3)cc2c1=O. The predicted molar refractivity (Wildman–Crippen MR) is 141 cm³/mol. The molecule has 0 aliphatic carbocycles. The molecule has 0 unspecified atom stereocenters. The third-order valence-corrected chi connectivity index (χ3v) is 8.76. The van der Waals surface area contributed by atoms with Gasteiger partial charge in [-0.05, 0) is 37.6 Å². The molecule has 0 radical (unpaired) electrons. The van der Waals surface area contributed by atoms with Crippen molar-refractivity contribution in [1.29, 1.82) is 0 Å². The van der Waals surface area contributed by atoms with E-state index >= 15 is 0 Å². The zero-order valence-electron chi connectivity index (χ0n) is 20.9. The van der Waals surface area contributed by atoms with E-state index < -0.39 is 15.9 Å². The summed E-state index contributed by atoms with van der Waals surface area (Å²) >= 11 is 1.07. The molecule has 0 bridgehead atoms. The van der Waals surface area contributed by atoms with Crippen LogP contribution in [0.2, 0.25) is 0 Å². The van der Waals surface area contributed by atoms with Crippen LogP contribution in [0.25, 0.3) is 22.0 Å². The van der Waals surface area contributed by atoms with Crippen LogP contribution in [-0.2, 0) is 21.4 Å². The summed E-state index contributed by atoms with van der Waals surface area (Å²) in [4.78, 5) is 37.9. The van der Waals surface area contributed by atoms with Crippen molar-refractivity contribution in [2.45, 2.75) is 31.5 Å². The van der Waals surface area contributed by atoms with E-state index in [9.17, 15) is 18.0 Å². The zero-order chi connectivity index (χ0) is 26.9. The van der Waals surface area contributed by atoms with Crippen LogP contribution in [-0.4, -0.2) is 48.0 Å². The van der Waals surface area contributed by atoms with Gasteiger partial charge in [0, 0.05) is 25.4 Å². The van der Waals surface area contributed by atoms with Crippen molar-refractivity contribution in [1.82, 2.24) is 24.8 Å². The quantitative estimate of drug-likeness (QED) is 0.346. The summed E-state index contributed by atoms with van der Waals surface area (Å²) in [5.41, 5.74) is 1.95. The lowest BCUT2D eigenvalue weighted by Gasteiger charge is -2.13. The number of hydrogen-bond acceptors (Lipinski definition) is 9. The molecule has 13 heteroatoms. The molecule has 37 heavy (non-hydrogen) atoms. The van der Waals surface area contributed by atoms with Crippen LogP contribution in [0.3, 0.4) is 0 Å². The number of amides is 1. The number of pyridine rings is 1. The second kappa shape index (κ2) is 10.3. The van der Waals surface area contributed by atoms with Gasteiger partial charge < -0.3 is 10.1 Å². The highest BCUT2D eigenvalue weighted by molar-refractivity contribution is 7.94. The Morgan fingerprint density at radius 3 is 2.59 bits per heavy atom. The lowest BCUT2D eigenvalue weighted by atomic mass is 10.0. The van der Waals surface area contributed by atoms with Gasteiger partial charge in [0.2, 0.25) is 11.8 Å². The second-order valence-corrected chi connectivity index (χ2v) is 11.5. The lowest BCUT2D eigenvalue weighted by molar-refractivity contribution is -0.124.